The van der Waals surface area contributed by atoms with Crippen LogP contribution in [0.4, 0.5) is 0 Å². The zero-order valence-electron chi connectivity index (χ0n) is 10.2. The summed E-state index contributed by atoms with van der Waals surface area (Å²) in [7, 11) is 0. The Morgan fingerprint density at radius 1 is 1.18 bits per heavy atom. The Labute approximate surface area is 111 Å². The molecule has 0 saturated carbocycles. The first kappa shape index (κ1) is 12.2. The minimum Gasteiger partial charge on any atom is -0.318 e. The monoisotopic (exact) mass is 289 g/mol. The van der Waals surface area contributed by atoms with E-state index in [0.29, 0.717) is 0 Å². The second-order valence-corrected chi connectivity index (χ2v) is 4.70. The third kappa shape index (κ3) is 2.52. The number of benzene rings is 1. The fourth-order valence-corrected chi connectivity index (χ4v) is 2.29. The fraction of sp³-hybridized carbons (Fsp3) is 0.200. The van der Waals surface area contributed by atoms with Crippen LogP contribution in [-0.2, 0) is 0 Å². The molecule has 0 aliphatic rings. The van der Waals surface area contributed by atoms with Crippen LogP contribution in [0.15, 0.2) is 42.5 Å². The highest BCUT2D eigenvalue weighted by Crippen LogP contribution is 2.21. The highest BCUT2D eigenvalue weighted by atomic mass is 79.9. The molecule has 1 aromatic carbocycles. The molecule has 0 bridgehead atoms. The van der Waals surface area contributed by atoms with Gasteiger partial charge in [-0.05, 0) is 37.6 Å². The molecule has 0 aliphatic carbocycles. The molecule has 0 aliphatic heterocycles. The van der Waals surface area contributed by atoms with Gasteiger partial charge >= 0.3 is 0 Å². The lowest BCUT2D eigenvalue weighted by Gasteiger charge is -2.09. The number of hydrogen-bond acceptors (Lipinski definition) is 0. The molecule has 0 spiro atoms. The third-order valence-corrected chi connectivity index (χ3v) is 3.24. The van der Waals surface area contributed by atoms with Gasteiger partial charge in [-0.25, -0.2) is 0 Å². The topological polar surface area (TPSA) is 4.93 Å². The standard InChI is InChI=1S/C15H16BrN/c1-12-11-14(7-6-10-16)13(2)17(12)15-8-4-3-5-9-15/h3-9,11H,10H2,1-2H3. The molecule has 0 radical (unpaired) electrons. The lowest BCUT2D eigenvalue weighted by molar-refractivity contribution is 0.964. The van der Waals surface area contributed by atoms with E-state index in [4.69, 9.17) is 0 Å². The van der Waals surface area contributed by atoms with Crippen molar-refractivity contribution < 1.29 is 0 Å². The number of alkyl halides is 1. The van der Waals surface area contributed by atoms with Crippen LogP contribution in [0.25, 0.3) is 11.8 Å². The van der Waals surface area contributed by atoms with Crippen LogP contribution in [-0.4, -0.2) is 9.90 Å². The first-order valence-electron chi connectivity index (χ1n) is 5.71. The highest BCUT2D eigenvalue weighted by Gasteiger charge is 2.07. The predicted molar refractivity (Wildman–Crippen MR) is 78.1 cm³/mol. The van der Waals surface area contributed by atoms with Gasteiger partial charge in [0.1, 0.15) is 0 Å². The summed E-state index contributed by atoms with van der Waals surface area (Å²) in [6, 6.07) is 12.7. The van der Waals surface area contributed by atoms with Crippen LogP contribution < -0.4 is 0 Å². The summed E-state index contributed by atoms with van der Waals surface area (Å²) >= 11 is 3.41. The minimum atomic E-state index is 0.891. The molecule has 0 amide bonds. The van der Waals surface area contributed by atoms with Crippen LogP contribution in [0.1, 0.15) is 17.0 Å². The van der Waals surface area contributed by atoms with Gasteiger partial charge in [-0.15, -0.1) is 0 Å². The zero-order valence-corrected chi connectivity index (χ0v) is 11.7. The minimum absolute atomic E-state index is 0.891. The summed E-state index contributed by atoms with van der Waals surface area (Å²) in [6.45, 7) is 4.30. The molecule has 0 fully saturated rings. The van der Waals surface area contributed by atoms with E-state index in [-0.39, 0.29) is 0 Å². The Kier molecular flexibility index (Phi) is 3.85. The largest absolute Gasteiger partial charge is 0.318 e. The van der Waals surface area contributed by atoms with E-state index in [2.05, 4.69) is 76.8 Å². The molecule has 1 aromatic heterocycles. The number of aromatic nitrogens is 1. The van der Waals surface area contributed by atoms with Gasteiger partial charge < -0.3 is 4.57 Å². The average molecular weight is 290 g/mol. The number of allylic oxidation sites excluding steroid dienone is 1. The normalized spacial score (nSPS) is 11.2. The molecule has 2 aromatic rings. The Morgan fingerprint density at radius 3 is 2.53 bits per heavy atom. The van der Waals surface area contributed by atoms with Gasteiger partial charge in [0.25, 0.3) is 0 Å². The molecular formula is C15H16BrN. The van der Waals surface area contributed by atoms with E-state index >= 15 is 0 Å². The number of nitrogens with zero attached hydrogens (tertiary/aromatic N) is 1. The maximum Gasteiger partial charge on any atom is 0.0455 e. The van der Waals surface area contributed by atoms with E-state index in [1.165, 1.54) is 22.6 Å². The molecule has 0 N–H and O–H groups in total. The predicted octanol–water partition coefficient (Wildman–Crippen LogP) is 4.50. The summed E-state index contributed by atoms with van der Waals surface area (Å²) in [4.78, 5) is 0. The van der Waals surface area contributed by atoms with E-state index in [1.54, 1.807) is 0 Å². The lowest BCUT2D eigenvalue weighted by atomic mass is 10.2. The number of aryl methyl sites for hydroxylation is 1. The second kappa shape index (κ2) is 5.37. The van der Waals surface area contributed by atoms with Crippen molar-refractivity contribution in [3.8, 4) is 5.69 Å². The molecule has 88 valence electrons. The summed E-state index contributed by atoms with van der Waals surface area (Å²) in [6.07, 6.45) is 4.29. The molecule has 0 atom stereocenters. The zero-order chi connectivity index (χ0) is 12.3. The molecule has 2 rings (SSSR count). The van der Waals surface area contributed by atoms with Gasteiger partial charge in [-0.1, -0.05) is 46.3 Å². The smallest absolute Gasteiger partial charge is 0.0455 e. The quantitative estimate of drug-likeness (QED) is 0.733. The SMILES string of the molecule is Cc1cc(C=CCBr)c(C)n1-c1ccccc1. The van der Waals surface area contributed by atoms with Crippen molar-refractivity contribution in [3.63, 3.8) is 0 Å². The van der Waals surface area contributed by atoms with Gasteiger partial charge in [0.05, 0.1) is 0 Å². The van der Waals surface area contributed by atoms with Crippen molar-refractivity contribution in [1.29, 1.82) is 0 Å². The number of hydrogen-bond donors (Lipinski definition) is 0. The first-order chi connectivity index (χ1) is 8.24. The Bertz CT molecular complexity index is 523. The Morgan fingerprint density at radius 2 is 1.88 bits per heavy atom. The average Bonchev–Trinajstić information content (AvgIpc) is 2.63. The Balaban J connectivity index is 2.49. The summed E-state index contributed by atoms with van der Waals surface area (Å²) in [5.41, 5.74) is 5.06. The van der Waals surface area contributed by atoms with Crippen LogP contribution >= 0.6 is 15.9 Å². The van der Waals surface area contributed by atoms with E-state index in [9.17, 15) is 0 Å². The highest BCUT2D eigenvalue weighted by molar-refractivity contribution is 9.09. The summed E-state index contributed by atoms with van der Waals surface area (Å²) in [5, 5.41) is 0.891. The number of para-hydroxylation sites is 1. The van der Waals surface area contributed by atoms with Crippen molar-refractivity contribution >= 4 is 22.0 Å². The van der Waals surface area contributed by atoms with Crippen molar-refractivity contribution in [2.75, 3.05) is 5.33 Å². The Hall–Kier alpha value is -1.28. The third-order valence-electron chi connectivity index (χ3n) is 2.87. The second-order valence-electron chi connectivity index (χ2n) is 4.05. The summed E-state index contributed by atoms with van der Waals surface area (Å²) < 4.78 is 2.29. The molecule has 0 unspecified atom stereocenters. The van der Waals surface area contributed by atoms with Crippen LogP contribution in [0.5, 0.6) is 0 Å². The van der Waals surface area contributed by atoms with Crippen LogP contribution in [0.2, 0.25) is 0 Å². The maximum absolute atomic E-state index is 3.41. The van der Waals surface area contributed by atoms with E-state index in [0.717, 1.165) is 5.33 Å². The van der Waals surface area contributed by atoms with Crippen molar-refractivity contribution in [2.45, 2.75) is 13.8 Å². The van der Waals surface area contributed by atoms with E-state index in [1.807, 2.05) is 6.07 Å². The van der Waals surface area contributed by atoms with Crippen molar-refractivity contribution in [2.24, 2.45) is 0 Å². The molecule has 1 nitrogen and oxygen atoms in total. The van der Waals surface area contributed by atoms with Crippen molar-refractivity contribution in [3.05, 3.63) is 59.4 Å². The van der Waals surface area contributed by atoms with Crippen molar-refractivity contribution in [1.82, 2.24) is 4.57 Å². The van der Waals surface area contributed by atoms with Gasteiger partial charge in [-0.2, -0.15) is 0 Å². The summed E-state index contributed by atoms with van der Waals surface area (Å²) in [5.74, 6) is 0. The maximum atomic E-state index is 3.41. The van der Waals surface area contributed by atoms with Gasteiger partial charge in [0.15, 0.2) is 0 Å². The number of halogens is 1. The van der Waals surface area contributed by atoms with Crippen LogP contribution in [0, 0.1) is 13.8 Å². The molecular weight excluding hydrogens is 274 g/mol. The molecule has 1 heterocycles. The molecule has 2 heteroatoms. The van der Waals surface area contributed by atoms with Gasteiger partial charge in [0, 0.05) is 22.4 Å². The molecule has 17 heavy (non-hydrogen) atoms. The first-order valence-corrected chi connectivity index (χ1v) is 6.83. The van der Waals surface area contributed by atoms with E-state index < -0.39 is 0 Å². The number of rotatable bonds is 3. The van der Waals surface area contributed by atoms with Gasteiger partial charge in [-0.3, -0.25) is 0 Å². The lowest BCUT2D eigenvalue weighted by Crippen LogP contribution is -1.98. The van der Waals surface area contributed by atoms with Gasteiger partial charge in [0.2, 0.25) is 0 Å². The van der Waals surface area contributed by atoms with Crippen LogP contribution in [0.3, 0.4) is 0 Å². The molecule has 0 saturated heterocycles. The fourth-order valence-electron chi connectivity index (χ4n) is 2.10.